The Bertz CT molecular complexity index is 461. The van der Waals surface area contributed by atoms with Crippen LogP contribution in [-0.4, -0.2) is 14.8 Å². The van der Waals surface area contributed by atoms with Crippen molar-refractivity contribution in [3.05, 3.63) is 28.5 Å². The first-order chi connectivity index (χ1) is 7.65. The average Bonchev–Trinajstić information content (AvgIpc) is 2.83. The van der Waals surface area contributed by atoms with Gasteiger partial charge in [-0.05, 0) is 20.8 Å². The third kappa shape index (κ3) is 2.61. The van der Waals surface area contributed by atoms with Crippen LogP contribution in [0.5, 0.6) is 5.75 Å². The summed E-state index contributed by atoms with van der Waals surface area (Å²) in [6, 6.07) is 0.364. The normalized spacial score (nSPS) is 11.0. The Labute approximate surface area is 98.9 Å². The second kappa shape index (κ2) is 4.65. The third-order valence-electron chi connectivity index (χ3n) is 2.16. The highest BCUT2D eigenvalue weighted by molar-refractivity contribution is 7.11. The summed E-state index contributed by atoms with van der Waals surface area (Å²) in [4.78, 5) is 5.31. The second-order valence-electron chi connectivity index (χ2n) is 3.88. The van der Waals surface area contributed by atoms with E-state index in [1.807, 2.05) is 24.0 Å². The van der Waals surface area contributed by atoms with Gasteiger partial charge in [0.2, 0.25) is 0 Å². The number of rotatable bonds is 4. The molecule has 0 amide bonds. The molecule has 0 aliphatic carbocycles. The topological polar surface area (TPSA) is 39.9 Å². The number of hydrogen-bond acceptors (Lipinski definition) is 4. The lowest BCUT2D eigenvalue weighted by atomic mass is 10.4. The van der Waals surface area contributed by atoms with E-state index >= 15 is 0 Å². The van der Waals surface area contributed by atoms with E-state index in [-0.39, 0.29) is 0 Å². The van der Waals surface area contributed by atoms with E-state index in [0.717, 1.165) is 15.6 Å². The minimum Gasteiger partial charge on any atom is -0.485 e. The van der Waals surface area contributed by atoms with Crippen LogP contribution in [0.15, 0.2) is 18.6 Å². The summed E-state index contributed by atoms with van der Waals surface area (Å²) in [5.41, 5.74) is 0. The van der Waals surface area contributed by atoms with Crippen LogP contribution in [0.4, 0.5) is 0 Å². The molecule has 86 valence electrons. The van der Waals surface area contributed by atoms with E-state index in [1.165, 1.54) is 0 Å². The molecule has 5 heteroatoms. The second-order valence-corrected chi connectivity index (χ2v) is 5.20. The van der Waals surface area contributed by atoms with Gasteiger partial charge in [-0.1, -0.05) is 0 Å². The highest BCUT2D eigenvalue weighted by Crippen LogP contribution is 2.17. The summed E-state index contributed by atoms with van der Waals surface area (Å²) in [5, 5.41) is 5.28. The van der Waals surface area contributed by atoms with E-state index < -0.39 is 0 Å². The zero-order valence-electron chi connectivity index (χ0n) is 9.67. The molecular weight excluding hydrogens is 222 g/mol. The largest absolute Gasteiger partial charge is 0.485 e. The molecule has 0 aromatic carbocycles. The summed E-state index contributed by atoms with van der Waals surface area (Å²) in [6.07, 6.45) is 5.51. The first kappa shape index (κ1) is 11.1. The van der Waals surface area contributed by atoms with E-state index in [2.05, 4.69) is 23.9 Å². The molecule has 0 saturated heterocycles. The molecule has 2 rings (SSSR count). The van der Waals surface area contributed by atoms with Gasteiger partial charge in [-0.25, -0.2) is 4.98 Å². The predicted molar refractivity (Wildman–Crippen MR) is 63.8 cm³/mol. The number of nitrogens with zero attached hydrogens (tertiary/aromatic N) is 3. The van der Waals surface area contributed by atoms with Crippen LogP contribution in [0.2, 0.25) is 0 Å². The van der Waals surface area contributed by atoms with Crippen molar-refractivity contribution >= 4 is 11.3 Å². The zero-order chi connectivity index (χ0) is 11.5. The zero-order valence-corrected chi connectivity index (χ0v) is 10.5. The molecule has 0 N–H and O–H groups in total. The minimum atomic E-state index is 0.364. The monoisotopic (exact) mass is 237 g/mol. The van der Waals surface area contributed by atoms with Crippen molar-refractivity contribution < 1.29 is 4.74 Å². The molecule has 0 unspecified atom stereocenters. The summed E-state index contributed by atoms with van der Waals surface area (Å²) in [7, 11) is 0. The van der Waals surface area contributed by atoms with Gasteiger partial charge in [0, 0.05) is 12.2 Å². The fourth-order valence-corrected chi connectivity index (χ4v) is 2.01. The quantitative estimate of drug-likeness (QED) is 0.821. The lowest BCUT2D eigenvalue weighted by Gasteiger charge is -2.03. The van der Waals surface area contributed by atoms with Gasteiger partial charge in [-0.2, -0.15) is 5.10 Å². The van der Waals surface area contributed by atoms with Crippen molar-refractivity contribution in [1.82, 2.24) is 14.8 Å². The van der Waals surface area contributed by atoms with Crippen molar-refractivity contribution in [3.8, 4) is 5.75 Å². The molecule has 0 aliphatic rings. The highest BCUT2D eigenvalue weighted by atomic mass is 32.1. The molecule has 2 aromatic rings. The van der Waals surface area contributed by atoms with Crippen molar-refractivity contribution in [1.29, 1.82) is 0 Å². The van der Waals surface area contributed by atoms with E-state index in [1.54, 1.807) is 17.5 Å². The number of hydrogen-bond donors (Lipinski definition) is 0. The molecular formula is C11H15N3OS. The fourth-order valence-electron chi connectivity index (χ4n) is 1.30. The van der Waals surface area contributed by atoms with Gasteiger partial charge in [0.25, 0.3) is 0 Å². The first-order valence-corrected chi connectivity index (χ1v) is 6.05. The molecule has 2 aromatic heterocycles. The molecule has 0 fully saturated rings. The summed E-state index contributed by atoms with van der Waals surface area (Å²) < 4.78 is 7.51. The summed E-state index contributed by atoms with van der Waals surface area (Å²) in [5.74, 6) is 0.805. The Hall–Kier alpha value is -1.36. The maximum atomic E-state index is 5.62. The average molecular weight is 237 g/mol. The van der Waals surface area contributed by atoms with Gasteiger partial charge in [0.15, 0.2) is 5.75 Å². The SMILES string of the molecule is Cc1ncc(COc2cnn(C(C)C)c2)s1. The Balaban J connectivity index is 1.94. The van der Waals surface area contributed by atoms with E-state index in [4.69, 9.17) is 4.74 Å². The van der Waals surface area contributed by atoms with Crippen molar-refractivity contribution in [3.63, 3.8) is 0 Å². The Morgan fingerprint density at radius 3 is 2.81 bits per heavy atom. The van der Waals surface area contributed by atoms with Crippen LogP contribution in [0.1, 0.15) is 29.8 Å². The van der Waals surface area contributed by atoms with Crippen molar-refractivity contribution in [2.75, 3.05) is 0 Å². The summed E-state index contributed by atoms with van der Waals surface area (Å²) in [6.45, 7) is 6.73. The number of thiazole rings is 1. The Kier molecular flexibility index (Phi) is 3.24. The molecule has 0 bridgehead atoms. The summed E-state index contributed by atoms with van der Waals surface area (Å²) >= 11 is 1.66. The fraction of sp³-hybridized carbons (Fsp3) is 0.455. The molecule has 0 saturated carbocycles. The van der Waals surface area contributed by atoms with Crippen LogP contribution >= 0.6 is 11.3 Å². The van der Waals surface area contributed by atoms with Crippen LogP contribution in [0, 0.1) is 6.92 Å². The molecule has 4 nitrogen and oxygen atoms in total. The molecule has 0 aliphatic heterocycles. The van der Waals surface area contributed by atoms with Gasteiger partial charge in [-0.3, -0.25) is 4.68 Å². The smallest absolute Gasteiger partial charge is 0.157 e. The van der Waals surface area contributed by atoms with Crippen LogP contribution < -0.4 is 4.74 Å². The minimum absolute atomic E-state index is 0.364. The number of aromatic nitrogens is 3. The van der Waals surface area contributed by atoms with Gasteiger partial charge >= 0.3 is 0 Å². The predicted octanol–water partition coefficient (Wildman–Crippen LogP) is 2.81. The van der Waals surface area contributed by atoms with E-state index in [9.17, 15) is 0 Å². The standard InChI is InChI=1S/C11H15N3OS/c1-8(2)14-6-10(4-13-14)15-7-11-5-12-9(3)16-11/h4-6,8H,7H2,1-3H3. The number of ether oxygens (including phenoxy) is 1. The lowest BCUT2D eigenvalue weighted by molar-refractivity contribution is 0.308. The van der Waals surface area contributed by atoms with Gasteiger partial charge in [0.05, 0.1) is 22.3 Å². The first-order valence-electron chi connectivity index (χ1n) is 5.23. The maximum Gasteiger partial charge on any atom is 0.157 e. The van der Waals surface area contributed by atoms with Gasteiger partial charge < -0.3 is 4.74 Å². The maximum absolute atomic E-state index is 5.62. The Morgan fingerprint density at radius 1 is 1.44 bits per heavy atom. The van der Waals surface area contributed by atoms with Gasteiger partial charge in [0.1, 0.15) is 6.61 Å². The lowest BCUT2D eigenvalue weighted by Crippen LogP contribution is -1.99. The van der Waals surface area contributed by atoms with Crippen LogP contribution in [-0.2, 0) is 6.61 Å². The van der Waals surface area contributed by atoms with Crippen molar-refractivity contribution in [2.45, 2.75) is 33.4 Å². The molecule has 0 spiro atoms. The van der Waals surface area contributed by atoms with E-state index in [0.29, 0.717) is 12.6 Å². The van der Waals surface area contributed by atoms with Crippen LogP contribution in [0.25, 0.3) is 0 Å². The molecule has 0 atom stereocenters. The highest BCUT2D eigenvalue weighted by Gasteiger charge is 2.04. The van der Waals surface area contributed by atoms with Crippen molar-refractivity contribution in [2.24, 2.45) is 0 Å². The molecule has 2 heterocycles. The molecule has 0 radical (unpaired) electrons. The Morgan fingerprint density at radius 2 is 2.25 bits per heavy atom. The third-order valence-corrected chi connectivity index (χ3v) is 3.04. The van der Waals surface area contributed by atoms with Gasteiger partial charge in [-0.15, -0.1) is 11.3 Å². The number of aryl methyl sites for hydroxylation is 1. The van der Waals surface area contributed by atoms with Crippen LogP contribution in [0.3, 0.4) is 0 Å². The molecule has 16 heavy (non-hydrogen) atoms.